The van der Waals surface area contributed by atoms with Gasteiger partial charge in [-0.15, -0.1) is 0 Å². The minimum Gasteiger partial charge on any atom is -0.383 e. The molecule has 0 heterocycles. The van der Waals surface area contributed by atoms with Gasteiger partial charge in [0.05, 0.1) is 0 Å². The maximum absolute atomic E-state index is 6.74. The third-order valence-corrected chi connectivity index (χ3v) is 0.645. The normalized spacial score (nSPS) is 9.88. The molecule has 3 heteroatoms. The minimum atomic E-state index is 0.0544. The summed E-state index contributed by atoms with van der Waals surface area (Å²) in [5.74, 6) is 0. The molecule has 8 heavy (non-hydrogen) atoms. The first kappa shape index (κ1) is 7.50. The molecule has 0 aliphatic carbocycles. The summed E-state index contributed by atoms with van der Waals surface area (Å²) in [5, 5.41) is 6.79. The van der Waals surface area contributed by atoms with Crippen molar-refractivity contribution in [2.24, 2.45) is 0 Å². The van der Waals surface area contributed by atoms with Gasteiger partial charge in [0.25, 0.3) is 0 Å². The average molecular weight is 133 g/mol. The van der Waals surface area contributed by atoms with Crippen molar-refractivity contribution in [1.82, 2.24) is 4.90 Å². The molecule has 0 aromatic carbocycles. The average Bonchev–Trinajstić information content (AvgIpc) is 1.61. The number of hydrogen-bond donors (Lipinski definition) is 1. The van der Waals surface area contributed by atoms with Crippen molar-refractivity contribution in [2.75, 3.05) is 14.1 Å². The molecule has 1 N–H and O–H groups in total. The molecule has 46 valence electrons. The summed E-state index contributed by atoms with van der Waals surface area (Å²) in [6.07, 6.45) is 3.23. The standard InChI is InChI=1S/C5H9ClN2/c1-8(2)4-3-5(6)7/h3-4,7H,1-2H3. The van der Waals surface area contributed by atoms with E-state index < -0.39 is 0 Å². The lowest BCUT2D eigenvalue weighted by molar-refractivity contribution is 0.564. The Morgan fingerprint density at radius 1 is 1.62 bits per heavy atom. The van der Waals surface area contributed by atoms with Crippen molar-refractivity contribution in [2.45, 2.75) is 0 Å². The summed E-state index contributed by atoms with van der Waals surface area (Å²) in [5.41, 5.74) is 0. The Bertz CT molecular complexity index is 107. The largest absolute Gasteiger partial charge is 0.383 e. The molecular weight excluding hydrogens is 124 g/mol. The van der Waals surface area contributed by atoms with Gasteiger partial charge in [0.2, 0.25) is 0 Å². The van der Waals surface area contributed by atoms with E-state index in [2.05, 4.69) is 0 Å². The van der Waals surface area contributed by atoms with Crippen LogP contribution in [0.3, 0.4) is 0 Å². The lowest BCUT2D eigenvalue weighted by Gasteiger charge is -2.00. The monoisotopic (exact) mass is 132 g/mol. The van der Waals surface area contributed by atoms with Crippen molar-refractivity contribution >= 4 is 16.8 Å². The highest BCUT2D eigenvalue weighted by molar-refractivity contribution is 6.67. The third-order valence-electron chi connectivity index (χ3n) is 0.519. The second kappa shape index (κ2) is 3.50. The van der Waals surface area contributed by atoms with Crippen LogP contribution >= 0.6 is 11.6 Å². The first-order valence-corrected chi connectivity index (χ1v) is 2.59. The molecule has 2 nitrogen and oxygen atoms in total. The highest BCUT2D eigenvalue weighted by atomic mass is 35.5. The van der Waals surface area contributed by atoms with E-state index in [9.17, 15) is 0 Å². The number of allylic oxidation sites excluding steroid dienone is 1. The zero-order valence-electron chi connectivity index (χ0n) is 4.98. The van der Waals surface area contributed by atoms with Crippen LogP contribution < -0.4 is 0 Å². The van der Waals surface area contributed by atoms with E-state index in [0.717, 1.165) is 0 Å². The Balaban J connectivity index is 3.50. The van der Waals surface area contributed by atoms with Gasteiger partial charge < -0.3 is 4.90 Å². The summed E-state index contributed by atoms with van der Waals surface area (Å²) < 4.78 is 0. The van der Waals surface area contributed by atoms with E-state index in [1.807, 2.05) is 19.0 Å². The maximum Gasteiger partial charge on any atom is 0.122 e. The summed E-state index contributed by atoms with van der Waals surface area (Å²) in [4.78, 5) is 1.82. The van der Waals surface area contributed by atoms with Crippen LogP contribution in [0.5, 0.6) is 0 Å². The van der Waals surface area contributed by atoms with E-state index in [1.54, 1.807) is 6.20 Å². The molecule has 0 aromatic heterocycles. The van der Waals surface area contributed by atoms with Crippen molar-refractivity contribution in [3.63, 3.8) is 0 Å². The van der Waals surface area contributed by atoms with Gasteiger partial charge in [-0.2, -0.15) is 0 Å². The fourth-order valence-corrected chi connectivity index (χ4v) is 0.271. The van der Waals surface area contributed by atoms with E-state index in [0.29, 0.717) is 0 Å². The predicted molar refractivity (Wildman–Crippen MR) is 36.4 cm³/mol. The quantitative estimate of drug-likeness (QED) is 0.563. The van der Waals surface area contributed by atoms with Crippen LogP contribution in [0.4, 0.5) is 0 Å². The molecule has 0 rings (SSSR count). The third kappa shape index (κ3) is 5.50. The smallest absolute Gasteiger partial charge is 0.122 e. The lowest BCUT2D eigenvalue weighted by Crippen LogP contribution is -2.00. The molecule has 0 radical (unpaired) electrons. The van der Waals surface area contributed by atoms with Gasteiger partial charge in [0, 0.05) is 20.3 Å². The summed E-state index contributed by atoms with van der Waals surface area (Å²) in [6, 6.07) is 0. The SMILES string of the molecule is CN(C)C=CC(=N)Cl. The first-order valence-electron chi connectivity index (χ1n) is 2.21. The van der Waals surface area contributed by atoms with Crippen molar-refractivity contribution in [1.29, 1.82) is 5.41 Å². The highest BCUT2D eigenvalue weighted by Gasteiger charge is 1.78. The van der Waals surface area contributed by atoms with Crippen molar-refractivity contribution < 1.29 is 0 Å². The molecule has 0 bridgehead atoms. The lowest BCUT2D eigenvalue weighted by atomic mass is 10.6. The summed E-state index contributed by atoms with van der Waals surface area (Å²) in [6.45, 7) is 0. The minimum absolute atomic E-state index is 0.0544. The van der Waals surface area contributed by atoms with Crippen LogP contribution in [-0.4, -0.2) is 24.2 Å². The van der Waals surface area contributed by atoms with Crippen LogP contribution in [0, 0.1) is 5.41 Å². The molecule has 0 fully saturated rings. The van der Waals surface area contributed by atoms with E-state index >= 15 is 0 Å². The van der Waals surface area contributed by atoms with E-state index in [1.165, 1.54) is 6.08 Å². The van der Waals surface area contributed by atoms with Gasteiger partial charge in [-0.05, 0) is 6.08 Å². The molecule has 0 saturated carbocycles. The van der Waals surface area contributed by atoms with Gasteiger partial charge in [0.1, 0.15) is 5.17 Å². The number of nitrogens with zero attached hydrogens (tertiary/aromatic N) is 1. The molecule has 0 amide bonds. The highest BCUT2D eigenvalue weighted by Crippen LogP contribution is 1.83. The second-order valence-electron chi connectivity index (χ2n) is 1.63. The molecule has 0 saturated heterocycles. The summed E-state index contributed by atoms with van der Waals surface area (Å²) >= 11 is 5.19. The molecule has 0 atom stereocenters. The second-order valence-corrected chi connectivity index (χ2v) is 2.03. The van der Waals surface area contributed by atoms with Gasteiger partial charge in [-0.1, -0.05) is 11.6 Å². The molecule has 0 aliphatic heterocycles. The van der Waals surface area contributed by atoms with Crippen LogP contribution in [-0.2, 0) is 0 Å². The Labute approximate surface area is 54.3 Å². The fourth-order valence-electron chi connectivity index (χ4n) is 0.215. The summed E-state index contributed by atoms with van der Waals surface area (Å²) in [7, 11) is 3.74. The maximum atomic E-state index is 6.74. The zero-order valence-corrected chi connectivity index (χ0v) is 5.74. The van der Waals surface area contributed by atoms with E-state index in [-0.39, 0.29) is 5.17 Å². The Kier molecular flexibility index (Phi) is 3.28. The van der Waals surface area contributed by atoms with Crippen molar-refractivity contribution in [3.05, 3.63) is 12.3 Å². The van der Waals surface area contributed by atoms with Crippen LogP contribution in [0.15, 0.2) is 12.3 Å². The molecule has 0 unspecified atom stereocenters. The number of nitrogens with one attached hydrogen (secondary N) is 1. The van der Waals surface area contributed by atoms with Crippen LogP contribution in [0.1, 0.15) is 0 Å². The zero-order chi connectivity index (χ0) is 6.57. The molecule has 0 spiro atoms. The first-order chi connectivity index (χ1) is 3.63. The Morgan fingerprint density at radius 2 is 2.12 bits per heavy atom. The van der Waals surface area contributed by atoms with Gasteiger partial charge in [-0.25, -0.2) is 0 Å². The number of hydrogen-bond acceptors (Lipinski definition) is 2. The molecule has 0 aromatic rings. The van der Waals surface area contributed by atoms with Crippen LogP contribution in [0.25, 0.3) is 0 Å². The van der Waals surface area contributed by atoms with Crippen molar-refractivity contribution in [3.8, 4) is 0 Å². The molecular formula is C5H9ClN2. The van der Waals surface area contributed by atoms with Gasteiger partial charge >= 0.3 is 0 Å². The van der Waals surface area contributed by atoms with Gasteiger partial charge in [-0.3, -0.25) is 5.41 Å². The Hall–Kier alpha value is -0.500. The molecule has 0 aliphatic rings. The number of halogens is 1. The van der Waals surface area contributed by atoms with E-state index in [4.69, 9.17) is 17.0 Å². The van der Waals surface area contributed by atoms with Gasteiger partial charge in [0.15, 0.2) is 0 Å². The fraction of sp³-hybridized carbons (Fsp3) is 0.400. The van der Waals surface area contributed by atoms with Crippen LogP contribution in [0.2, 0.25) is 0 Å². The predicted octanol–water partition coefficient (Wildman–Crippen LogP) is 1.28. The Morgan fingerprint density at radius 3 is 2.25 bits per heavy atom. The topological polar surface area (TPSA) is 27.1 Å². The number of rotatable bonds is 2.